The average Bonchev–Trinajstić information content (AvgIpc) is 2.23. The zero-order chi connectivity index (χ0) is 12.1. The Hall–Kier alpha value is -1.83. The van der Waals surface area contributed by atoms with Crippen molar-refractivity contribution in [1.29, 1.82) is 5.26 Å². The molecule has 0 aromatic carbocycles. The fourth-order valence-corrected chi connectivity index (χ4v) is 1.52. The van der Waals surface area contributed by atoms with Gasteiger partial charge in [0.1, 0.15) is 5.82 Å². The first kappa shape index (κ1) is 12.2. The highest BCUT2D eigenvalue weighted by molar-refractivity contribution is 5.48. The molecule has 0 aliphatic heterocycles. The first-order valence-corrected chi connectivity index (χ1v) is 5.29. The molecule has 0 atom stereocenters. The Balaban J connectivity index is 3.01. The molecule has 2 N–H and O–H groups in total. The number of hydrogen-bond donors (Lipinski definition) is 1. The Morgan fingerprint density at radius 3 is 2.81 bits per heavy atom. The van der Waals surface area contributed by atoms with Gasteiger partial charge in [-0.05, 0) is 20.8 Å². The smallest absolute Gasteiger partial charge is 0.221 e. The van der Waals surface area contributed by atoms with Gasteiger partial charge < -0.3 is 10.6 Å². The summed E-state index contributed by atoms with van der Waals surface area (Å²) in [6.45, 7) is 6.73. The van der Waals surface area contributed by atoms with Crippen LogP contribution in [0.1, 0.15) is 25.8 Å². The standard InChI is InChI=1S/C11H17N5/c1-8(2)16(6-4-5-12)10-9(3)7-14-11(13)15-10/h7-8H,4,6H2,1-3H3,(H2,13,14,15). The van der Waals surface area contributed by atoms with Crippen LogP contribution in [0.5, 0.6) is 0 Å². The lowest BCUT2D eigenvalue weighted by Crippen LogP contribution is -2.33. The van der Waals surface area contributed by atoms with Gasteiger partial charge in [-0.25, -0.2) is 4.98 Å². The van der Waals surface area contributed by atoms with Crippen LogP contribution in [0.3, 0.4) is 0 Å². The van der Waals surface area contributed by atoms with Crippen LogP contribution in [0, 0.1) is 18.3 Å². The van der Waals surface area contributed by atoms with E-state index in [9.17, 15) is 0 Å². The summed E-state index contributed by atoms with van der Waals surface area (Å²) in [4.78, 5) is 10.2. The number of anilines is 2. The molecule has 16 heavy (non-hydrogen) atoms. The van der Waals surface area contributed by atoms with Gasteiger partial charge in [-0.2, -0.15) is 10.2 Å². The summed E-state index contributed by atoms with van der Waals surface area (Å²) in [7, 11) is 0. The summed E-state index contributed by atoms with van der Waals surface area (Å²) in [5.74, 6) is 1.08. The van der Waals surface area contributed by atoms with Crippen molar-refractivity contribution in [3.8, 4) is 6.07 Å². The van der Waals surface area contributed by atoms with E-state index in [1.54, 1.807) is 6.20 Å². The molecule has 0 spiro atoms. The van der Waals surface area contributed by atoms with Gasteiger partial charge in [0.2, 0.25) is 5.95 Å². The Labute approximate surface area is 95.9 Å². The molecule has 0 amide bonds. The van der Waals surface area contributed by atoms with Crippen LogP contribution in [-0.2, 0) is 0 Å². The molecule has 1 heterocycles. The highest BCUT2D eigenvalue weighted by Crippen LogP contribution is 2.19. The number of rotatable bonds is 4. The zero-order valence-electron chi connectivity index (χ0n) is 9.94. The maximum absolute atomic E-state index is 8.63. The van der Waals surface area contributed by atoms with Crippen molar-refractivity contribution in [3.63, 3.8) is 0 Å². The summed E-state index contributed by atoms with van der Waals surface area (Å²) >= 11 is 0. The van der Waals surface area contributed by atoms with Gasteiger partial charge in [0.15, 0.2) is 0 Å². The molecule has 0 aliphatic carbocycles. The molecule has 0 bridgehead atoms. The lowest BCUT2D eigenvalue weighted by molar-refractivity contribution is 0.674. The van der Waals surface area contributed by atoms with Crippen LogP contribution in [0.25, 0.3) is 0 Å². The number of aryl methyl sites for hydroxylation is 1. The second kappa shape index (κ2) is 5.31. The van der Waals surface area contributed by atoms with E-state index in [0.29, 0.717) is 13.0 Å². The summed E-state index contributed by atoms with van der Waals surface area (Å²) in [5, 5.41) is 8.63. The summed E-state index contributed by atoms with van der Waals surface area (Å²) in [6.07, 6.45) is 2.18. The van der Waals surface area contributed by atoms with Crippen molar-refractivity contribution in [2.75, 3.05) is 17.2 Å². The van der Waals surface area contributed by atoms with Crippen LogP contribution in [0.2, 0.25) is 0 Å². The quantitative estimate of drug-likeness (QED) is 0.830. The van der Waals surface area contributed by atoms with Gasteiger partial charge in [-0.15, -0.1) is 0 Å². The highest BCUT2D eigenvalue weighted by Gasteiger charge is 2.14. The zero-order valence-corrected chi connectivity index (χ0v) is 9.94. The predicted molar refractivity (Wildman–Crippen MR) is 63.9 cm³/mol. The second-order valence-corrected chi connectivity index (χ2v) is 3.93. The number of aromatic nitrogens is 2. The molecule has 0 radical (unpaired) electrons. The minimum atomic E-state index is 0.267. The van der Waals surface area contributed by atoms with Crippen molar-refractivity contribution in [3.05, 3.63) is 11.8 Å². The Kier molecular flexibility index (Phi) is 4.06. The molecule has 5 heteroatoms. The molecule has 1 aromatic heterocycles. The molecule has 1 aromatic rings. The second-order valence-electron chi connectivity index (χ2n) is 3.93. The third-order valence-corrected chi connectivity index (χ3v) is 2.32. The van der Waals surface area contributed by atoms with Gasteiger partial charge in [-0.1, -0.05) is 0 Å². The van der Waals surface area contributed by atoms with Crippen molar-refractivity contribution in [1.82, 2.24) is 9.97 Å². The van der Waals surface area contributed by atoms with E-state index in [-0.39, 0.29) is 12.0 Å². The van der Waals surface area contributed by atoms with E-state index < -0.39 is 0 Å². The van der Waals surface area contributed by atoms with Crippen LogP contribution in [0.15, 0.2) is 6.20 Å². The first-order valence-electron chi connectivity index (χ1n) is 5.29. The molecule has 1 rings (SSSR count). The summed E-state index contributed by atoms with van der Waals surface area (Å²) in [6, 6.07) is 2.42. The molecule has 0 saturated heterocycles. The number of hydrogen-bond acceptors (Lipinski definition) is 5. The monoisotopic (exact) mass is 219 g/mol. The Morgan fingerprint density at radius 1 is 1.56 bits per heavy atom. The number of nitrogen functional groups attached to an aromatic ring is 1. The van der Waals surface area contributed by atoms with Crippen molar-refractivity contribution in [2.45, 2.75) is 33.2 Å². The molecular weight excluding hydrogens is 202 g/mol. The molecule has 0 saturated carbocycles. The third kappa shape index (κ3) is 2.83. The van der Waals surface area contributed by atoms with E-state index in [4.69, 9.17) is 11.0 Å². The van der Waals surface area contributed by atoms with Crippen LogP contribution in [-0.4, -0.2) is 22.6 Å². The maximum atomic E-state index is 8.63. The molecule has 0 unspecified atom stereocenters. The molecule has 86 valence electrons. The topological polar surface area (TPSA) is 78.8 Å². The number of nitrogens with two attached hydrogens (primary N) is 1. The maximum Gasteiger partial charge on any atom is 0.221 e. The summed E-state index contributed by atoms with van der Waals surface area (Å²) in [5.41, 5.74) is 6.55. The SMILES string of the molecule is Cc1cnc(N)nc1N(CCC#N)C(C)C. The minimum Gasteiger partial charge on any atom is -0.368 e. The van der Waals surface area contributed by atoms with Crippen molar-refractivity contribution in [2.24, 2.45) is 0 Å². The van der Waals surface area contributed by atoms with Gasteiger partial charge >= 0.3 is 0 Å². The van der Waals surface area contributed by atoms with E-state index >= 15 is 0 Å². The van der Waals surface area contributed by atoms with E-state index in [2.05, 4.69) is 34.8 Å². The number of nitriles is 1. The highest BCUT2D eigenvalue weighted by atomic mass is 15.2. The van der Waals surface area contributed by atoms with Gasteiger partial charge in [0.05, 0.1) is 12.5 Å². The van der Waals surface area contributed by atoms with E-state index in [1.165, 1.54) is 0 Å². The van der Waals surface area contributed by atoms with Crippen molar-refractivity contribution >= 4 is 11.8 Å². The van der Waals surface area contributed by atoms with Gasteiger partial charge in [0.25, 0.3) is 0 Å². The van der Waals surface area contributed by atoms with E-state index in [1.807, 2.05) is 6.92 Å². The molecular formula is C11H17N5. The average molecular weight is 219 g/mol. The van der Waals surface area contributed by atoms with Gasteiger partial charge in [-0.3, -0.25) is 0 Å². The van der Waals surface area contributed by atoms with E-state index in [0.717, 1.165) is 11.4 Å². The van der Waals surface area contributed by atoms with Crippen LogP contribution in [0.4, 0.5) is 11.8 Å². The molecule has 0 aliphatic rings. The Morgan fingerprint density at radius 2 is 2.25 bits per heavy atom. The predicted octanol–water partition coefficient (Wildman–Crippen LogP) is 1.50. The van der Waals surface area contributed by atoms with Crippen LogP contribution < -0.4 is 10.6 Å². The fraction of sp³-hybridized carbons (Fsp3) is 0.545. The minimum absolute atomic E-state index is 0.267. The molecule has 0 fully saturated rings. The van der Waals surface area contributed by atoms with Crippen LogP contribution >= 0.6 is 0 Å². The Bertz CT molecular complexity index is 394. The first-order chi connectivity index (χ1) is 7.56. The lowest BCUT2D eigenvalue weighted by Gasteiger charge is -2.28. The normalized spacial score (nSPS) is 10.2. The lowest BCUT2D eigenvalue weighted by atomic mass is 10.2. The van der Waals surface area contributed by atoms with Crippen molar-refractivity contribution < 1.29 is 0 Å². The summed E-state index contributed by atoms with van der Waals surface area (Å²) < 4.78 is 0. The largest absolute Gasteiger partial charge is 0.368 e. The number of nitrogens with zero attached hydrogens (tertiary/aromatic N) is 4. The third-order valence-electron chi connectivity index (χ3n) is 2.32. The molecule has 5 nitrogen and oxygen atoms in total. The fourth-order valence-electron chi connectivity index (χ4n) is 1.52. The van der Waals surface area contributed by atoms with Gasteiger partial charge in [0, 0.05) is 24.3 Å².